The first-order chi connectivity index (χ1) is 16.0. The van der Waals surface area contributed by atoms with Crippen molar-refractivity contribution in [2.45, 2.75) is 43.4 Å². The first kappa shape index (κ1) is 26.9. The molecule has 2 saturated heterocycles. The van der Waals surface area contributed by atoms with Crippen LogP contribution in [0, 0.1) is 0 Å². The standard InChI is InChI=1S/C20H29F3N10O.ClH/c21-20(22,23)34-16-3-1-15(2-4-16)28-17-29-18(32-7-11(24)5-12(25)8-32)31-19(30-17)33-9-13(26)6-14(27)10-33;/h1-4,11-14H,5-10,24-27H2,(H,28,29,30,31);1H/t11-,12+,13-,14+;. The summed E-state index contributed by atoms with van der Waals surface area (Å²) < 4.78 is 41.2. The molecule has 0 amide bonds. The summed E-state index contributed by atoms with van der Waals surface area (Å²) in [4.78, 5) is 17.5. The van der Waals surface area contributed by atoms with Gasteiger partial charge in [-0.05, 0) is 37.1 Å². The molecule has 0 spiro atoms. The molecule has 3 heterocycles. The highest BCUT2D eigenvalue weighted by Gasteiger charge is 2.31. The summed E-state index contributed by atoms with van der Waals surface area (Å²) in [7, 11) is 0. The zero-order valence-corrected chi connectivity index (χ0v) is 19.7. The molecule has 0 aliphatic carbocycles. The van der Waals surface area contributed by atoms with E-state index in [1.807, 2.05) is 9.80 Å². The van der Waals surface area contributed by atoms with Crippen molar-refractivity contribution in [3.8, 4) is 5.75 Å². The fourth-order valence-corrected chi connectivity index (χ4v) is 4.25. The van der Waals surface area contributed by atoms with E-state index in [0.29, 0.717) is 56.6 Å². The molecule has 0 bridgehead atoms. The molecule has 9 N–H and O–H groups in total. The summed E-state index contributed by atoms with van der Waals surface area (Å²) in [6.45, 7) is 2.11. The number of anilines is 4. The van der Waals surface area contributed by atoms with Gasteiger partial charge in [-0.15, -0.1) is 25.6 Å². The van der Waals surface area contributed by atoms with Crippen molar-refractivity contribution >= 4 is 35.9 Å². The summed E-state index contributed by atoms with van der Waals surface area (Å²) in [5, 5.41) is 3.02. The van der Waals surface area contributed by atoms with Gasteiger partial charge in [0.2, 0.25) is 17.8 Å². The van der Waals surface area contributed by atoms with Crippen molar-refractivity contribution in [1.29, 1.82) is 0 Å². The number of rotatable bonds is 5. The second kappa shape index (κ2) is 11.0. The van der Waals surface area contributed by atoms with Gasteiger partial charge in [-0.3, -0.25) is 0 Å². The van der Waals surface area contributed by atoms with E-state index in [1.54, 1.807) is 0 Å². The lowest BCUT2D eigenvalue weighted by Gasteiger charge is -2.37. The highest BCUT2D eigenvalue weighted by Crippen LogP contribution is 2.26. The molecule has 0 radical (unpaired) electrons. The van der Waals surface area contributed by atoms with Crippen molar-refractivity contribution in [1.82, 2.24) is 15.0 Å². The lowest BCUT2D eigenvalue weighted by atomic mass is 10.0. The Labute approximate surface area is 206 Å². The molecule has 0 saturated carbocycles. The van der Waals surface area contributed by atoms with Crippen LogP contribution >= 0.6 is 12.4 Å². The van der Waals surface area contributed by atoms with Gasteiger partial charge in [-0.1, -0.05) is 0 Å². The molecule has 4 atom stereocenters. The van der Waals surface area contributed by atoms with Crippen LogP contribution in [0.2, 0.25) is 0 Å². The molecule has 0 unspecified atom stereocenters. The van der Waals surface area contributed by atoms with Crippen LogP contribution in [0.15, 0.2) is 24.3 Å². The van der Waals surface area contributed by atoms with Crippen molar-refractivity contribution < 1.29 is 17.9 Å². The topological polar surface area (TPSA) is 170 Å². The number of piperidine rings is 2. The number of nitrogens with one attached hydrogen (secondary N) is 1. The third-order valence-corrected chi connectivity index (χ3v) is 5.55. The molecule has 194 valence electrons. The van der Waals surface area contributed by atoms with Crippen LogP contribution in [0.5, 0.6) is 5.75 Å². The Bertz CT molecular complexity index is 918. The van der Waals surface area contributed by atoms with E-state index in [9.17, 15) is 13.2 Å². The number of nitrogens with zero attached hydrogens (tertiary/aromatic N) is 5. The van der Waals surface area contributed by atoms with E-state index in [-0.39, 0.29) is 48.3 Å². The Morgan fingerprint density at radius 1 is 0.771 bits per heavy atom. The lowest BCUT2D eigenvalue weighted by molar-refractivity contribution is -0.274. The molecule has 15 heteroatoms. The molecule has 35 heavy (non-hydrogen) atoms. The third kappa shape index (κ3) is 7.41. The van der Waals surface area contributed by atoms with E-state index in [4.69, 9.17) is 22.9 Å². The Kier molecular flexibility index (Phi) is 8.43. The molecular formula is C20H30ClF3N10O. The van der Waals surface area contributed by atoms with Crippen LogP contribution in [0.3, 0.4) is 0 Å². The summed E-state index contributed by atoms with van der Waals surface area (Å²) in [6.07, 6.45) is -3.37. The SMILES string of the molecule is Cl.N[C@@H]1C[C@H](N)CN(c2nc(Nc3ccc(OC(F)(F)F)cc3)nc(N3C[C@H](N)C[C@H](N)C3)n2)C1. The summed E-state index contributed by atoms with van der Waals surface area (Å²) in [6, 6.07) is 4.76. The molecule has 1 aromatic heterocycles. The Morgan fingerprint density at radius 3 is 1.60 bits per heavy atom. The maximum absolute atomic E-state index is 12.4. The number of hydrogen-bond donors (Lipinski definition) is 5. The van der Waals surface area contributed by atoms with Gasteiger partial charge in [0.25, 0.3) is 0 Å². The minimum atomic E-state index is -4.76. The van der Waals surface area contributed by atoms with Crippen molar-refractivity contribution in [2.75, 3.05) is 41.3 Å². The van der Waals surface area contributed by atoms with Gasteiger partial charge in [0.1, 0.15) is 5.75 Å². The third-order valence-electron chi connectivity index (χ3n) is 5.55. The largest absolute Gasteiger partial charge is 0.573 e. The molecule has 11 nitrogen and oxygen atoms in total. The van der Waals surface area contributed by atoms with Crippen LogP contribution in [-0.4, -0.2) is 71.7 Å². The molecule has 2 aliphatic rings. The molecule has 2 fully saturated rings. The molecule has 2 aromatic rings. The van der Waals surface area contributed by atoms with Crippen LogP contribution in [0.4, 0.5) is 36.7 Å². The zero-order valence-electron chi connectivity index (χ0n) is 18.9. The van der Waals surface area contributed by atoms with Gasteiger partial charge >= 0.3 is 6.36 Å². The van der Waals surface area contributed by atoms with Gasteiger partial charge < -0.3 is 42.8 Å². The van der Waals surface area contributed by atoms with Crippen LogP contribution in [0.1, 0.15) is 12.8 Å². The molecule has 4 rings (SSSR count). The number of nitrogens with two attached hydrogens (primary N) is 4. The Hall–Kier alpha value is -2.65. The van der Waals surface area contributed by atoms with E-state index in [0.717, 1.165) is 0 Å². The fourth-order valence-electron chi connectivity index (χ4n) is 4.25. The second-order valence-corrected chi connectivity index (χ2v) is 8.78. The smallest absolute Gasteiger partial charge is 0.406 e. The average Bonchev–Trinajstić information content (AvgIpc) is 2.72. The highest BCUT2D eigenvalue weighted by molar-refractivity contribution is 5.85. The maximum atomic E-state index is 12.4. The van der Waals surface area contributed by atoms with E-state index < -0.39 is 6.36 Å². The van der Waals surface area contributed by atoms with E-state index >= 15 is 0 Å². The number of halogens is 4. The van der Waals surface area contributed by atoms with E-state index in [1.165, 1.54) is 24.3 Å². The quantitative estimate of drug-likeness (QED) is 0.376. The van der Waals surface area contributed by atoms with Crippen molar-refractivity contribution in [2.24, 2.45) is 22.9 Å². The van der Waals surface area contributed by atoms with Crippen LogP contribution < -0.4 is 42.8 Å². The van der Waals surface area contributed by atoms with E-state index in [2.05, 4.69) is 25.0 Å². The van der Waals surface area contributed by atoms with Gasteiger partial charge in [0.05, 0.1) is 0 Å². The zero-order chi connectivity index (χ0) is 24.5. The van der Waals surface area contributed by atoms with Gasteiger partial charge in [-0.25, -0.2) is 0 Å². The first-order valence-corrected chi connectivity index (χ1v) is 10.9. The second-order valence-electron chi connectivity index (χ2n) is 8.78. The normalized spacial score (nSPS) is 25.1. The highest BCUT2D eigenvalue weighted by atomic mass is 35.5. The fraction of sp³-hybridized carbons (Fsp3) is 0.550. The van der Waals surface area contributed by atoms with Gasteiger partial charge in [0, 0.05) is 56.0 Å². The molecular weight excluding hydrogens is 489 g/mol. The first-order valence-electron chi connectivity index (χ1n) is 10.9. The predicted octanol–water partition coefficient (Wildman–Crippen LogP) is 0.665. The van der Waals surface area contributed by atoms with Crippen molar-refractivity contribution in [3.63, 3.8) is 0 Å². The maximum Gasteiger partial charge on any atom is 0.573 e. The Morgan fingerprint density at radius 2 is 1.20 bits per heavy atom. The lowest BCUT2D eigenvalue weighted by Crippen LogP contribution is -2.54. The Balaban J connectivity index is 0.00000342. The average molecular weight is 519 g/mol. The number of alkyl halides is 3. The minimum absolute atomic E-state index is 0. The monoisotopic (exact) mass is 518 g/mol. The number of ether oxygens (including phenoxy) is 1. The van der Waals surface area contributed by atoms with Gasteiger partial charge in [0.15, 0.2) is 0 Å². The van der Waals surface area contributed by atoms with Crippen LogP contribution in [-0.2, 0) is 0 Å². The van der Waals surface area contributed by atoms with Crippen molar-refractivity contribution in [3.05, 3.63) is 24.3 Å². The summed E-state index contributed by atoms with van der Waals surface area (Å²) in [5.74, 6) is 0.665. The van der Waals surface area contributed by atoms with Gasteiger partial charge in [-0.2, -0.15) is 15.0 Å². The number of hydrogen-bond acceptors (Lipinski definition) is 11. The number of benzene rings is 1. The predicted molar refractivity (Wildman–Crippen MR) is 129 cm³/mol. The summed E-state index contributed by atoms with van der Waals surface area (Å²) >= 11 is 0. The summed E-state index contributed by atoms with van der Waals surface area (Å²) in [5.41, 5.74) is 25.1. The molecule has 1 aromatic carbocycles. The molecule has 2 aliphatic heterocycles. The number of aromatic nitrogens is 3. The van der Waals surface area contributed by atoms with Crippen LogP contribution in [0.25, 0.3) is 0 Å². The minimum Gasteiger partial charge on any atom is -0.406 e.